The molecule has 2 aromatic heterocycles. The van der Waals surface area contributed by atoms with Crippen molar-refractivity contribution in [2.45, 2.75) is 30.6 Å². The molecule has 1 unspecified atom stereocenters. The average Bonchev–Trinajstić information content (AvgIpc) is 3.52. The van der Waals surface area contributed by atoms with Crippen LogP contribution in [0.15, 0.2) is 30.6 Å². The van der Waals surface area contributed by atoms with E-state index in [1.54, 1.807) is 0 Å². The number of anilines is 1. The van der Waals surface area contributed by atoms with Gasteiger partial charge in [0.05, 0.1) is 28.0 Å². The van der Waals surface area contributed by atoms with Crippen LogP contribution in [0.3, 0.4) is 0 Å². The van der Waals surface area contributed by atoms with Gasteiger partial charge in [-0.15, -0.1) is 0 Å². The minimum absolute atomic E-state index is 0.0225. The number of nitrogens with zero attached hydrogens (tertiary/aromatic N) is 6. The first-order valence-electron chi connectivity index (χ1n) is 15.0. The highest BCUT2D eigenvalue weighted by Crippen LogP contribution is 2.53. The first kappa shape index (κ1) is 31.4. The number of hydrogen-bond donors (Lipinski definition) is 3. The van der Waals surface area contributed by atoms with Crippen molar-refractivity contribution in [3.63, 3.8) is 0 Å². The summed E-state index contributed by atoms with van der Waals surface area (Å²) < 4.78 is 70.1. The molecule has 4 amide bonds. The molecule has 0 spiro atoms. The zero-order valence-electron chi connectivity index (χ0n) is 24.8. The normalized spacial score (nSPS) is 24.6. The smallest absolute Gasteiger partial charge is 0.349 e. The quantitative estimate of drug-likeness (QED) is 0.342. The molecule has 4 aliphatic rings. The highest BCUT2D eigenvalue weighted by atomic mass is 35.5. The van der Waals surface area contributed by atoms with E-state index in [0.717, 1.165) is 30.1 Å². The summed E-state index contributed by atoms with van der Waals surface area (Å²) in [7, 11) is 1.31. The van der Waals surface area contributed by atoms with Crippen LogP contribution < -0.4 is 16.0 Å². The van der Waals surface area contributed by atoms with Crippen molar-refractivity contribution >= 4 is 35.1 Å². The summed E-state index contributed by atoms with van der Waals surface area (Å²) >= 11 is 6.39. The summed E-state index contributed by atoms with van der Waals surface area (Å²) in [5, 5.41) is 12.2. The Kier molecular flexibility index (Phi) is 7.46. The lowest BCUT2D eigenvalue weighted by Gasteiger charge is -2.32. The first-order chi connectivity index (χ1) is 22.2. The van der Waals surface area contributed by atoms with E-state index in [1.165, 1.54) is 25.2 Å². The number of carbonyl (C=O) groups is 3. The molecule has 0 radical (unpaired) electrons. The van der Waals surface area contributed by atoms with Crippen molar-refractivity contribution in [1.29, 1.82) is 0 Å². The largest absolute Gasteiger partial charge is 0.435 e. The van der Waals surface area contributed by atoms with Gasteiger partial charge in [-0.2, -0.15) is 18.3 Å². The van der Waals surface area contributed by atoms with E-state index in [9.17, 15) is 36.3 Å². The Hall–Kier alpha value is -4.25. The zero-order valence-corrected chi connectivity index (χ0v) is 25.6. The Morgan fingerprint density at radius 3 is 2.36 bits per heavy atom. The number of nitrogens with one attached hydrogen (secondary N) is 3. The predicted octanol–water partition coefficient (Wildman–Crippen LogP) is 3.47. The number of urea groups is 1. The Balaban J connectivity index is 0.981. The maximum absolute atomic E-state index is 13.7. The lowest BCUT2D eigenvalue weighted by atomic mass is 10.2. The standard InChI is InChI=1S/C29H29ClF5N9O3/c1-41-20(18-13-44(21-9-28(21,31)32)40-23(18)29(33,34)35)10-37-24(41)26(46)38-14-2-3-15(19(30)8-14)25(45)39-22-16-11-43(12-17(16)22)27(47)42-6-4-36-5-7-42/h2-3,8,10,13,16-17,21-22,36H,4-7,9,11-12H2,1H3,(H,38,46)(H,39,45)/t16-,17+,21?,22+. The second-order valence-electron chi connectivity index (χ2n) is 12.3. The molecule has 2 saturated heterocycles. The van der Waals surface area contributed by atoms with E-state index < -0.39 is 47.6 Å². The summed E-state index contributed by atoms with van der Waals surface area (Å²) in [4.78, 5) is 46.4. The molecule has 3 aromatic rings. The number of aromatic nitrogens is 4. The fourth-order valence-corrected chi connectivity index (χ4v) is 6.72. The van der Waals surface area contributed by atoms with Crippen LogP contribution in [-0.4, -0.2) is 98.2 Å². The van der Waals surface area contributed by atoms with Gasteiger partial charge in [-0.1, -0.05) is 11.6 Å². The third kappa shape index (κ3) is 5.79. The average molecular weight is 682 g/mol. The molecular formula is C29H29ClF5N9O3. The molecule has 2 saturated carbocycles. The van der Waals surface area contributed by atoms with Gasteiger partial charge in [0, 0.05) is 82.5 Å². The number of carbonyl (C=O) groups excluding carboxylic acids is 3. The molecule has 7 rings (SSSR count). The van der Waals surface area contributed by atoms with E-state index >= 15 is 0 Å². The van der Waals surface area contributed by atoms with Crippen LogP contribution in [0.2, 0.25) is 5.02 Å². The monoisotopic (exact) mass is 681 g/mol. The van der Waals surface area contributed by atoms with Gasteiger partial charge in [-0.3, -0.25) is 14.3 Å². The second kappa shape index (κ2) is 11.2. The lowest BCUT2D eigenvalue weighted by Crippen LogP contribution is -2.52. The highest BCUT2D eigenvalue weighted by Gasteiger charge is 2.60. The van der Waals surface area contributed by atoms with Gasteiger partial charge in [-0.05, 0) is 18.2 Å². The maximum atomic E-state index is 13.7. The predicted molar refractivity (Wildman–Crippen MR) is 157 cm³/mol. The van der Waals surface area contributed by atoms with Gasteiger partial charge < -0.3 is 30.3 Å². The fourth-order valence-electron chi connectivity index (χ4n) is 6.45. The van der Waals surface area contributed by atoms with Gasteiger partial charge in [0.15, 0.2) is 11.5 Å². The molecular weight excluding hydrogens is 653 g/mol. The SMILES string of the molecule is Cn1c(-c2cn(C3CC3(F)F)nc2C(F)(F)F)cnc1C(=O)Nc1ccc(C(=O)N[C@H]2[C@@H]3CN(C(=O)N4CCNCC4)C[C@@H]32)c(Cl)c1. The first-order valence-corrected chi connectivity index (χ1v) is 15.3. The van der Waals surface area contributed by atoms with Crippen LogP contribution >= 0.6 is 11.6 Å². The number of piperidine rings is 1. The molecule has 47 heavy (non-hydrogen) atoms. The van der Waals surface area contributed by atoms with Gasteiger partial charge in [0.1, 0.15) is 6.04 Å². The van der Waals surface area contributed by atoms with Crippen LogP contribution in [0.25, 0.3) is 11.3 Å². The minimum atomic E-state index is -4.94. The van der Waals surface area contributed by atoms with Crippen molar-refractivity contribution in [3.05, 3.63) is 52.7 Å². The van der Waals surface area contributed by atoms with Crippen LogP contribution in [-0.2, 0) is 13.2 Å². The van der Waals surface area contributed by atoms with E-state index in [2.05, 4.69) is 26.0 Å². The summed E-state index contributed by atoms with van der Waals surface area (Å²) in [6, 6.07) is 2.72. The number of amides is 4. The number of halogens is 6. The van der Waals surface area contributed by atoms with Crippen molar-refractivity contribution in [2.24, 2.45) is 18.9 Å². The molecule has 18 heteroatoms. The molecule has 4 heterocycles. The van der Waals surface area contributed by atoms with E-state index in [-0.39, 0.29) is 51.7 Å². The number of alkyl halides is 5. The van der Waals surface area contributed by atoms with E-state index in [0.29, 0.717) is 30.9 Å². The van der Waals surface area contributed by atoms with Gasteiger partial charge >= 0.3 is 12.2 Å². The molecule has 2 aliphatic carbocycles. The number of imidazole rings is 1. The zero-order chi connectivity index (χ0) is 33.4. The fraction of sp³-hybridized carbons (Fsp3) is 0.483. The lowest BCUT2D eigenvalue weighted by molar-refractivity contribution is -0.141. The Morgan fingerprint density at radius 2 is 1.74 bits per heavy atom. The topological polar surface area (TPSA) is 129 Å². The maximum Gasteiger partial charge on any atom is 0.435 e. The molecule has 3 N–H and O–H groups in total. The molecule has 2 aliphatic heterocycles. The summed E-state index contributed by atoms with van der Waals surface area (Å²) in [6.45, 7) is 4.02. The van der Waals surface area contributed by atoms with Crippen LogP contribution in [0.4, 0.5) is 32.4 Å². The van der Waals surface area contributed by atoms with Crippen LogP contribution in [0, 0.1) is 11.8 Å². The van der Waals surface area contributed by atoms with Gasteiger partial charge in [0.2, 0.25) is 0 Å². The third-order valence-corrected chi connectivity index (χ3v) is 9.51. The number of fused-ring (bicyclic) bond motifs is 1. The molecule has 4 fully saturated rings. The molecule has 1 aromatic carbocycles. The number of piperazine rings is 1. The Bertz CT molecular complexity index is 1760. The second-order valence-corrected chi connectivity index (χ2v) is 12.7. The Labute approximate surface area is 269 Å². The number of rotatable bonds is 6. The number of benzene rings is 1. The molecule has 12 nitrogen and oxygen atoms in total. The van der Waals surface area contributed by atoms with E-state index in [4.69, 9.17) is 11.6 Å². The van der Waals surface area contributed by atoms with Crippen LogP contribution in [0.1, 0.15) is 39.1 Å². The summed E-state index contributed by atoms with van der Waals surface area (Å²) in [6.07, 6.45) is -3.64. The van der Waals surface area contributed by atoms with E-state index in [1.807, 2.05) is 9.80 Å². The van der Waals surface area contributed by atoms with Crippen molar-refractivity contribution in [1.82, 2.24) is 39.8 Å². The van der Waals surface area contributed by atoms with Gasteiger partial charge in [0.25, 0.3) is 17.7 Å². The van der Waals surface area contributed by atoms with Crippen molar-refractivity contribution in [3.8, 4) is 11.3 Å². The minimum Gasteiger partial charge on any atom is -0.349 e. The Morgan fingerprint density at radius 1 is 1.06 bits per heavy atom. The van der Waals surface area contributed by atoms with Crippen LogP contribution in [0.5, 0.6) is 0 Å². The molecule has 250 valence electrons. The van der Waals surface area contributed by atoms with Crippen molar-refractivity contribution < 1.29 is 36.3 Å². The van der Waals surface area contributed by atoms with Crippen molar-refractivity contribution in [2.75, 3.05) is 44.6 Å². The number of likely N-dealkylation sites (tertiary alicyclic amines) is 1. The van der Waals surface area contributed by atoms with Gasteiger partial charge in [-0.25, -0.2) is 18.6 Å². The highest BCUT2D eigenvalue weighted by molar-refractivity contribution is 6.34. The summed E-state index contributed by atoms with van der Waals surface area (Å²) in [5.74, 6) is -4.25. The molecule has 0 bridgehead atoms. The molecule has 4 atom stereocenters. The number of hydrogen-bond acceptors (Lipinski definition) is 6. The summed E-state index contributed by atoms with van der Waals surface area (Å²) in [5.41, 5.74) is -1.63. The third-order valence-electron chi connectivity index (χ3n) is 9.20.